The summed E-state index contributed by atoms with van der Waals surface area (Å²) in [5, 5.41) is 14.0. The molecule has 1 amide bonds. The van der Waals surface area contributed by atoms with E-state index in [4.69, 9.17) is 0 Å². The van der Waals surface area contributed by atoms with Crippen molar-refractivity contribution in [1.29, 1.82) is 0 Å². The predicted molar refractivity (Wildman–Crippen MR) is 66.8 cm³/mol. The Balaban J connectivity index is 2.08. The highest BCUT2D eigenvalue weighted by molar-refractivity contribution is 5.83. The number of amides is 1. The van der Waals surface area contributed by atoms with Gasteiger partial charge < -0.3 is 10.0 Å². The SMILES string of the molecule is CC1(O)CCN(C(=O)C(C)(C)n2c[c]cn2)CC1. The van der Waals surface area contributed by atoms with Crippen molar-refractivity contribution in [3.05, 3.63) is 18.5 Å². The van der Waals surface area contributed by atoms with Crippen LogP contribution in [0.15, 0.2) is 12.4 Å². The topological polar surface area (TPSA) is 58.4 Å². The van der Waals surface area contributed by atoms with Gasteiger partial charge in [-0.1, -0.05) is 0 Å². The predicted octanol–water partition coefficient (Wildman–Crippen LogP) is 0.792. The molecule has 1 radical (unpaired) electrons. The van der Waals surface area contributed by atoms with Gasteiger partial charge in [-0.25, -0.2) is 0 Å². The first-order chi connectivity index (χ1) is 8.33. The average Bonchev–Trinajstić information content (AvgIpc) is 2.82. The summed E-state index contributed by atoms with van der Waals surface area (Å²) in [6.07, 6.45) is 4.48. The van der Waals surface area contributed by atoms with Crippen molar-refractivity contribution in [3.63, 3.8) is 0 Å². The fraction of sp³-hybridized carbons (Fsp3) is 0.692. The van der Waals surface area contributed by atoms with Crippen LogP contribution >= 0.6 is 0 Å². The van der Waals surface area contributed by atoms with E-state index in [1.165, 1.54) is 0 Å². The number of likely N-dealkylation sites (tertiary alicyclic amines) is 1. The largest absolute Gasteiger partial charge is 0.390 e. The van der Waals surface area contributed by atoms with Gasteiger partial charge in [0, 0.05) is 25.4 Å². The molecule has 5 nitrogen and oxygen atoms in total. The normalized spacial score (nSPS) is 19.9. The number of aliphatic hydroxyl groups is 1. The van der Waals surface area contributed by atoms with Crippen molar-refractivity contribution in [2.75, 3.05) is 13.1 Å². The minimum absolute atomic E-state index is 0.0371. The Morgan fingerprint density at radius 1 is 1.44 bits per heavy atom. The van der Waals surface area contributed by atoms with E-state index in [2.05, 4.69) is 11.2 Å². The second-order valence-corrected chi connectivity index (χ2v) is 5.73. The Hall–Kier alpha value is -1.36. The molecule has 2 heterocycles. The van der Waals surface area contributed by atoms with Crippen LogP contribution in [0.2, 0.25) is 0 Å². The van der Waals surface area contributed by atoms with Gasteiger partial charge in [0.2, 0.25) is 5.91 Å². The number of piperidine rings is 1. The number of aromatic nitrogens is 2. The molecule has 99 valence electrons. The third-order valence-electron chi connectivity index (χ3n) is 3.68. The molecule has 1 saturated heterocycles. The summed E-state index contributed by atoms with van der Waals surface area (Å²) in [7, 11) is 0. The fourth-order valence-corrected chi connectivity index (χ4v) is 2.21. The third kappa shape index (κ3) is 2.41. The van der Waals surface area contributed by atoms with E-state index < -0.39 is 11.1 Å². The maximum Gasteiger partial charge on any atom is 0.249 e. The first kappa shape index (κ1) is 13.1. The minimum Gasteiger partial charge on any atom is -0.390 e. The van der Waals surface area contributed by atoms with E-state index >= 15 is 0 Å². The summed E-state index contributed by atoms with van der Waals surface area (Å²) in [6, 6.07) is 2.85. The average molecular weight is 250 g/mol. The maximum atomic E-state index is 12.5. The third-order valence-corrected chi connectivity index (χ3v) is 3.68. The second-order valence-electron chi connectivity index (χ2n) is 5.73. The van der Waals surface area contributed by atoms with Crippen LogP contribution in [0.1, 0.15) is 33.6 Å². The van der Waals surface area contributed by atoms with Crippen molar-refractivity contribution < 1.29 is 9.90 Å². The molecular formula is C13H20N3O2. The smallest absolute Gasteiger partial charge is 0.249 e. The lowest BCUT2D eigenvalue weighted by Gasteiger charge is -2.39. The van der Waals surface area contributed by atoms with Crippen molar-refractivity contribution in [3.8, 4) is 0 Å². The van der Waals surface area contributed by atoms with Gasteiger partial charge in [-0.3, -0.25) is 9.48 Å². The van der Waals surface area contributed by atoms with Crippen LogP contribution in [0, 0.1) is 6.07 Å². The van der Waals surface area contributed by atoms with Gasteiger partial charge in [0.05, 0.1) is 11.8 Å². The number of carbonyl (C=O) groups excluding carboxylic acids is 1. The molecule has 0 aromatic carbocycles. The first-order valence-corrected chi connectivity index (χ1v) is 6.26. The minimum atomic E-state index is -0.705. The number of hydrogen-bond donors (Lipinski definition) is 1. The van der Waals surface area contributed by atoms with Crippen LogP contribution in [-0.4, -0.2) is 44.4 Å². The summed E-state index contributed by atoms with van der Waals surface area (Å²) in [4.78, 5) is 14.3. The lowest BCUT2D eigenvalue weighted by atomic mass is 9.92. The quantitative estimate of drug-likeness (QED) is 0.844. The lowest BCUT2D eigenvalue weighted by Crippen LogP contribution is -2.52. The van der Waals surface area contributed by atoms with Gasteiger partial charge in [-0.05, 0) is 33.6 Å². The second kappa shape index (κ2) is 4.39. The summed E-state index contributed by atoms with van der Waals surface area (Å²) in [5.74, 6) is 0.0371. The summed E-state index contributed by atoms with van der Waals surface area (Å²) in [6.45, 7) is 6.72. The van der Waals surface area contributed by atoms with Crippen LogP contribution < -0.4 is 0 Å². The summed E-state index contributed by atoms with van der Waals surface area (Å²) in [5.41, 5.74) is -1.34. The molecule has 1 aromatic rings. The van der Waals surface area contributed by atoms with Gasteiger partial charge in [0.1, 0.15) is 5.54 Å². The summed E-state index contributed by atoms with van der Waals surface area (Å²) >= 11 is 0. The molecule has 0 unspecified atom stereocenters. The number of rotatable bonds is 2. The monoisotopic (exact) mass is 250 g/mol. The van der Waals surface area contributed by atoms with Crippen molar-refractivity contribution in [2.24, 2.45) is 0 Å². The molecule has 1 aliphatic heterocycles. The molecule has 0 atom stereocenters. The molecule has 2 rings (SSSR count). The maximum absolute atomic E-state index is 12.5. The van der Waals surface area contributed by atoms with Crippen LogP contribution in [0.25, 0.3) is 0 Å². The summed E-state index contributed by atoms with van der Waals surface area (Å²) < 4.78 is 1.63. The molecule has 1 aromatic heterocycles. The van der Waals surface area contributed by atoms with Crippen molar-refractivity contribution >= 4 is 5.91 Å². The Morgan fingerprint density at radius 3 is 2.56 bits per heavy atom. The molecule has 5 heteroatoms. The van der Waals surface area contributed by atoms with Crippen LogP contribution in [-0.2, 0) is 10.3 Å². The van der Waals surface area contributed by atoms with E-state index in [0.717, 1.165) is 0 Å². The van der Waals surface area contributed by atoms with Crippen molar-refractivity contribution in [2.45, 2.75) is 44.8 Å². The molecule has 0 spiro atoms. The van der Waals surface area contributed by atoms with Gasteiger partial charge in [-0.15, -0.1) is 0 Å². The Bertz CT molecular complexity index is 413. The fourth-order valence-electron chi connectivity index (χ4n) is 2.21. The standard InChI is InChI=1S/C13H20N3O2/c1-12(2,16-8-4-7-14-16)11(17)15-9-5-13(3,18)6-10-15/h7-8,18H,5-6,9-10H2,1-3H3. The van der Waals surface area contributed by atoms with Gasteiger partial charge >= 0.3 is 0 Å². The van der Waals surface area contributed by atoms with Crippen LogP contribution in [0.5, 0.6) is 0 Å². The van der Waals surface area contributed by atoms with Crippen LogP contribution in [0.4, 0.5) is 0 Å². The molecule has 1 N–H and O–H groups in total. The molecule has 0 saturated carbocycles. The number of carbonyl (C=O) groups is 1. The van der Waals surface area contributed by atoms with E-state index in [0.29, 0.717) is 25.9 Å². The number of hydrogen-bond acceptors (Lipinski definition) is 3. The van der Waals surface area contributed by atoms with E-state index in [1.807, 2.05) is 20.8 Å². The van der Waals surface area contributed by atoms with Gasteiger partial charge in [-0.2, -0.15) is 5.10 Å². The lowest BCUT2D eigenvalue weighted by molar-refractivity contribution is -0.143. The zero-order valence-corrected chi connectivity index (χ0v) is 11.2. The Kier molecular flexibility index (Phi) is 3.19. The Morgan fingerprint density at radius 2 is 2.06 bits per heavy atom. The highest BCUT2D eigenvalue weighted by Gasteiger charge is 2.37. The van der Waals surface area contributed by atoms with E-state index in [1.54, 1.807) is 22.0 Å². The van der Waals surface area contributed by atoms with E-state index in [9.17, 15) is 9.90 Å². The molecule has 1 aliphatic rings. The van der Waals surface area contributed by atoms with Gasteiger partial charge in [0.15, 0.2) is 0 Å². The van der Waals surface area contributed by atoms with Crippen molar-refractivity contribution in [1.82, 2.24) is 14.7 Å². The Labute approximate surface area is 107 Å². The zero-order valence-electron chi connectivity index (χ0n) is 11.2. The zero-order chi connectivity index (χ0) is 13.4. The molecule has 0 bridgehead atoms. The first-order valence-electron chi connectivity index (χ1n) is 6.26. The molecular weight excluding hydrogens is 230 g/mol. The highest BCUT2D eigenvalue weighted by atomic mass is 16.3. The molecule has 1 fully saturated rings. The van der Waals surface area contributed by atoms with Crippen LogP contribution in [0.3, 0.4) is 0 Å². The molecule has 18 heavy (non-hydrogen) atoms. The highest BCUT2D eigenvalue weighted by Crippen LogP contribution is 2.25. The molecule has 0 aliphatic carbocycles. The van der Waals surface area contributed by atoms with E-state index in [-0.39, 0.29) is 5.91 Å². The van der Waals surface area contributed by atoms with Gasteiger partial charge in [0.25, 0.3) is 0 Å². The number of nitrogens with zero attached hydrogens (tertiary/aromatic N) is 3.